The summed E-state index contributed by atoms with van der Waals surface area (Å²) in [6, 6.07) is 4.33. The fourth-order valence-corrected chi connectivity index (χ4v) is 1.82. The third-order valence-electron chi connectivity index (χ3n) is 2.74. The van der Waals surface area contributed by atoms with Crippen LogP contribution in [0.2, 0.25) is 0 Å². The predicted molar refractivity (Wildman–Crippen MR) is 70.6 cm³/mol. The van der Waals surface area contributed by atoms with Gasteiger partial charge in [0.2, 0.25) is 5.95 Å². The van der Waals surface area contributed by atoms with E-state index in [1.165, 1.54) is 12.1 Å². The van der Waals surface area contributed by atoms with E-state index in [9.17, 15) is 9.18 Å². The van der Waals surface area contributed by atoms with Gasteiger partial charge in [-0.25, -0.2) is 9.37 Å². The Kier molecular flexibility index (Phi) is 3.99. The van der Waals surface area contributed by atoms with Crippen LogP contribution in [-0.4, -0.2) is 35.6 Å². The first-order valence-electron chi connectivity index (χ1n) is 6.19. The number of carbonyl (C=O) groups is 1. The number of esters is 1. The number of benzene rings is 1. The fourth-order valence-electron chi connectivity index (χ4n) is 1.82. The van der Waals surface area contributed by atoms with E-state index in [2.05, 4.69) is 9.97 Å². The van der Waals surface area contributed by atoms with E-state index < -0.39 is 0 Å². The lowest BCUT2D eigenvalue weighted by molar-refractivity contribution is -0.141. The summed E-state index contributed by atoms with van der Waals surface area (Å²) < 4.78 is 18.0. The molecule has 0 aliphatic heterocycles. The van der Waals surface area contributed by atoms with Crippen LogP contribution in [0.5, 0.6) is 0 Å². The van der Waals surface area contributed by atoms with E-state index in [1.54, 1.807) is 17.9 Å². The number of ether oxygens (including phenoxy) is 1. The number of hydrogen-bond acceptors (Lipinski definition) is 4. The van der Waals surface area contributed by atoms with Crippen molar-refractivity contribution in [3.63, 3.8) is 0 Å². The lowest BCUT2D eigenvalue weighted by Gasteiger charge is -2.18. The standard InChI is InChI=1S/C13H16FN3O2/c1-3-17(8-12(18)19-4-2)13-15-10-6-5-9(14)7-11(10)16-13/h5-7H,3-4,8H2,1-2H3,(H,15,16). The van der Waals surface area contributed by atoms with E-state index in [0.717, 1.165) is 0 Å². The predicted octanol–water partition coefficient (Wildman–Crippen LogP) is 2.09. The summed E-state index contributed by atoms with van der Waals surface area (Å²) in [5, 5.41) is 0. The third-order valence-corrected chi connectivity index (χ3v) is 2.74. The number of nitrogens with zero attached hydrogens (tertiary/aromatic N) is 2. The molecule has 1 N–H and O–H groups in total. The molecule has 0 aliphatic rings. The minimum Gasteiger partial charge on any atom is -0.465 e. The molecule has 102 valence electrons. The highest BCUT2D eigenvalue weighted by atomic mass is 19.1. The largest absolute Gasteiger partial charge is 0.465 e. The molecule has 0 fully saturated rings. The van der Waals surface area contributed by atoms with Gasteiger partial charge >= 0.3 is 5.97 Å². The van der Waals surface area contributed by atoms with Crippen molar-refractivity contribution in [3.8, 4) is 0 Å². The Morgan fingerprint density at radius 2 is 2.26 bits per heavy atom. The molecule has 0 aliphatic carbocycles. The van der Waals surface area contributed by atoms with Crippen LogP contribution < -0.4 is 4.90 Å². The molecule has 5 nitrogen and oxygen atoms in total. The Hall–Kier alpha value is -2.11. The minimum atomic E-state index is -0.323. The number of imidazole rings is 1. The zero-order chi connectivity index (χ0) is 13.8. The van der Waals surface area contributed by atoms with Crippen molar-refractivity contribution < 1.29 is 13.9 Å². The molecule has 1 heterocycles. The number of carbonyl (C=O) groups excluding carboxylic acids is 1. The van der Waals surface area contributed by atoms with Gasteiger partial charge in [0.05, 0.1) is 17.6 Å². The van der Waals surface area contributed by atoms with Crippen LogP contribution in [-0.2, 0) is 9.53 Å². The number of likely N-dealkylation sites (N-methyl/N-ethyl adjacent to an activating group) is 1. The third kappa shape index (κ3) is 3.01. The first-order valence-corrected chi connectivity index (χ1v) is 6.19. The Bertz CT molecular complexity index is 582. The Balaban J connectivity index is 2.22. The number of halogens is 1. The first kappa shape index (κ1) is 13.3. The second-order valence-corrected chi connectivity index (χ2v) is 4.04. The van der Waals surface area contributed by atoms with E-state index in [1.807, 2.05) is 6.92 Å². The molecule has 0 spiro atoms. The average Bonchev–Trinajstić information content (AvgIpc) is 2.78. The Labute approximate surface area is 110 Å². The number of rotatable bonds is 5. The number of H-pyrrole nitrogens is 1. The summed E-state index contributed by atoms with van der Waals surface area (Å²) in [5.74, 6) is -0.0942. The summed E-state index contributed by atoms with van der Waals surface area (Å²) >= 11 is 0. The molecule has 6 heteroatoms. The highest BCUT2D eigenvalue weighted by molar-refractivity contribution is 5.79. The molecule has 1 aromatic heterocycles. The molecular weight excluding hydrogens is 249 g/mol. The molecular formula is C13H16FN3O2. The number of anilines is 1. The van der Waals surface area contributed by atoms with Crippen molar-refractivity contribution in [2.24, 2.45) is 0 Å². The molecule has 2 rings (SSSR count). The van der Waals surface area contributed by atoms with Crippen molar-refractivity contribution in [1.82, 2.24) is 9.97 Å². The van der Waals surface area contributed by atoms with Crippen molar-refractivity contribution in [1.29, 1.82) is 0 Å². The molecule has 0 unspecified atom stereocenters. The van der Waals surface area contributed by atoms with Crippen LogP contribution in [0.3, 0.4) is 0 Å². The zero-order valence-electron chi connectivity index (χ0n) is 10.9. The highest BCUT2D eigenvalue weighted by Crippen LogP contribution is 2.18. The highest BCUT2D eigenvalue weighted by Gasteiger charge is 2.14. The molecule has 1 aromatic carbocycles. The van der Waals surface area contributed by atoms with Crippen molar-refractivity contribution in [3.05, 3.63) is 24.0 Å². The second-order valence-electron chi connectivity index (χ2n) is 4.04. The SMILES string of the molecule is CCOC(=O)CN(CC)c1nc2ccc(F)cc2[nH]1. The molecule has 19 heavy (non-hydrogen) atoms. The number of fused-ring (bicyclic) bond motifs is 1. The van der Waals surface area contributed by atoms with Gasteiger partial charge in [0.1, 0.15) is 12.4 Å². The lowest BCUT2D eigenvalue weighted by atomic mass is 10.3. The monoisotopic (exact) mass is 265 g/mol. The lowest BCUT2D eigenvalue weighted by Crippen LogP contribution is -2.31. The van der Waals surface area contributed by atoms with Gasteiger partial charge in [-0.15, -0.1) is 0 Å². The van der Waals surface area contributed by atoms with Crippen LogP contribution in [0.4, 0.5) is 10.3 Å². The Morgan fingerprint density at radius 3 is 2.95 bits per heavy atom. The van der Waals surface area contributed by atoms with Crippen molar-refractivity contribution in [2.45, 2.75) is 13.8 Å². The zero-order valence-corrected chi connectivity index (χ0v) is 10.9. The molecule has 0 bridgehead atoms. The second kappa shape index (κ2) is 5.69. The quantitative estimate of drug-likeness (QED) is 0.841. The van der Waals surface area contributed by atoms with Gasteiger partial charge in [0.15, 0.2) is 0 Å². The maximum atomic E-state index is 13.1. The first-order chi connectivity index (χ1) is 9.13. The van der Waals surface area contributed by atoms with Crippen LogP contribution in [0.25, 0.3) is 11.0 Å². The fraction of sp³-hybridized carbons (Fsp3) is 0.385. The molecule has 0 atom stereocenters. The van der Waals surface area contributed by atoms with Gasteiger partial charge in [-0.1, -0.05) is 0 Å². The number of aromatic nitrogens is 2. The van der Waals surface area contributed by atoms with Gasteiger partial charge in [-0.05, 0) is 32.0 Å². The summed E-state index contributed by atoms with van der Waals surface area (Å²) in [5.41, 5.74) is 1.27. The maximum Gasteiger partial charge on any atom is 0.325 e. The van der Waals surface area contributed by atoms with Gasteiger partial charge in [0, 0.05) is 6.54 Å². The van der Waals surface area contributed by atoms with Gasteiger partial charge < -0.3 is 14.6 Å². The van der Waals surface area contributed by atoms with Crippen molar-refractivity contribution >= 4 is 23.0 Å². The van der Waals surface area contributed by atoms with E-state index in [-0.39, 0.29) is 18.3 Å². The van der Waals surface area contributed by atoms with Gasteiger partial charge in [0.25, 0.3) is 0 Å². The number of aromatic amines is 1. The molecule has 0 saturated carbocycles. The maximum absolute atomic E-state index is 13.1. The number of hydrogen-bond donors (Lipinski definition) is 1. The topological polar surface area (TPSA) is 58.2 Å². The van der Waals surface area contributed by atoms with Crippen LogP contribution in [0.15, 0.2) is 18.2 Å². The Morgan fingerprint density at radius 1 is 1.47 bits per heavy atom. The summed E-state index contributed by atoms with van der Waals surface area (Å²) in [4.78, 5) is 20.6. The van der Waals surface area contributed by atoms with Crippen LogP contribution >= 0.6 is 0 Å². The smallest absolute Gasteiger partial charge is 0.325 e. The van der Waals surface area contributed by atoms with Gasteiger partial charge in [-0.2, -0.15) is 0 Å². The van der Waals surface area contributed by atoms with Crippen LogP contribution in [0.1, 0.15) is 13.8 Å². The molecule has 2 aromatic rings. The average molecular weight is 265 g/mol. The van der Waals surface area contributed by atoms with Crippen molar-refractivity contribution in [2.75, 3.05) is 24.6 Å². The summed E-state index contributed by atoms with van der Waals surface area (Å²) in [6.07, 6.45) is 0. The van der Waals surface area contributed by atoms with Gasteiger partial charge in [-0.3, -0.25) is 4.79 Å². The molecule has 0 saturated heterocycles. The van der Waals surface area contributed by atoms with Crippen LogP contribution in [0, 0.1) is 5.82 Å². The normalized spacial score (nSPS) is 10.7. The van der Waals surface area contributed by atoms with E-state index in [4.69, 9.17) is 4.74 Å². The number of nitrogens with one attached hydrogen (secondary N) is 1. The minimum absolute atomic E-state index is 0.118. The summed E-state index contributed by atoms with van der Waals surface area (Å²) in [7, 11) is 0. The molecule has 0 amide bonds. The van der Waals surface area contributed by atoms with E-state index in [0.29, 0.717) is 30.1 Å². The van der Waals surface area contributed by atoms with E-state index >= 15 is 0 Å². The summed E-state index contributed by atoms with van der Waals surface area (Å²) in [6.45, 7) is 4.74. The molecule has 0 radical (unpaired) electrons.